The van der Waals surface area contributed by atoms with Gasteiger partial charge in [0, 0.05) is 12.1 Å². The van der Waals surface area contributed by atoms with Gasteiger partial charge in [-0.3, -0.25) is 4.79 Å². The van der Waals surface area contributed by atoms with E-state index in [4.69, 9.17) is 10.5 Å². The lowest BCUT2D eigenvalue weighted by Crippen LogP contribution is -2.41. The van der Waals surface area contributed by atoms with Gasteiger partial charge in [-0.05, 0) is 37.2 Å². The Kier molecular flexibility index (Phi) is 4.03. The molecule has 4 heteroatoms. The molecule has 108 valence electrons. The maximum atomic E-state index is 12.1. The van der Waals surface area contributed by atoms with Crippen LogP contribution in [0.2, 0.25) is 0 Å². The minimum atomic E-state index is -0.154. The Morgan fingerprint density at radius 3 is 2.85 bits per heavy atom. The van der Waals surface area contributed by atoms with Crippen LogP contribution in [-0.4, -0.2) is 24.1 Å². The van der Waals surface area contributed by atoms with E-state index < -0.39 is 0 Å². The van der Waals surface area contributed by atoms with Gasteiger partial charge in [-0.15, -0.1) is 0 Å². The quantitative estimate of drug-likeness (QED) is 0.822. The summed E-state index contributed by atoms with van der Waals surface area (Å²) in [4.78, 5) is 12.1. The molecule has 0 spiro atoms. The third-order valence-electron chi connectivity index (χ3n) is 4.49. The molecule has 0 bridgehead atoms. The summed E-state index contributed by atoms with van der Waals surface area (Å²) in [6.45, 7) is 0.354. The van der Waals surface area contributed by atoms with E-state index in [9.17, 15) is 4.79 Å². The van der Waals surface area contributed by atoms with E-state index in [0.717, 1.165) is 31.2 Å². The van der Waals surface area contributed by atoms with Crippen molar-refractivity contribution in [1.82, 2.24) is 5.32 Å². The van der Waals surface area contributed by atoms with Gasteiger partial charge in [0.15, 0.2) is 0 Å². The number of nitrogens with one attached hydrogen (secondary N) is 1. The minimum Gasteiger partial charge on any atom is -0.460 e. The van der Waals surface area contributed by atoms with Gasteiger partial charge >= 0.3 is 5.97 Å². The summed E-state index contributed by atoms with van der Waals surface area (Å²) in [5.41, 5.74) is 7.03. The van der Waals surface area contributed by atoms with Gasteiger partial charge in [-0.1, -0.05) is 30.3 Å². The molecular formula is C16H22N2O2. The molecule has 3 N–H and O–H groups in total. The summed E-state index contributed by atoms with van der Waals surface area (Å²) in [7, 11) is 0. The Balaban J connectivity index is 1.51. The van der Waals surface area contributed by atoms with Crippen molar-refractivity contribution < 1.29 is 9.53 Å². The molecule has 4 nitrogen and oxygen atoms in total. The molecule has 1 saturated heterocycles. The van der Waals surface area contributed by atoms with Crippen molar-refractivity contribution in [2.24, 2.45) is 11.7 Å². The summed E-state index contributed by atoms with van der Waals surface area (Å²) < 4.78 is 5.41. The number of hydrogen-bond donors (Lipinski definition) is 2. The maximum absolute atomic E-state index is 12.1. The predicted molar refractivity (Wildman–Crippen MR) is 76.9 cm³/mol. The lowest BCUT2D eigenvalue weighted by Gasteiger charge is -2.28. The molecule has 1 aromatic rings. The van der Waals surface area contributed by atoms with Gasteiger partial charge in [0.25, 0.3) is 0 Å². The second-order valence-corrected chi connectivity index (χ2v) is 5.99. The van der Waals surface area contributed by atoms with Crippen molar-refractivity contribution in [3.8, 4) is 0 Å². The zero-order valence-electron chi connectivity index (χ0n) is 11.6. The molecule has 3 rings (SSSR count). The lowest BCUT2D eigenvalue weighted by molar-refractivity contribution is -0.147. The van der Waals surface area contributed by atoms with E-state index in [1.165, 1.54) is 0 Å². The van der Waals surface area contributed by atoms with E-state index in [1.54, 1.807) is 0 Å². The molecular weight excluding hydrogens is 252 g/mol. The minimum absolute atomic E-state index is 0.128. The average molecular weight is 274 g/mol. The van der Waals surface area contributed by atoms with Crippen LogP contribution in [0.3, 0.4) is 0 Å². The monoisotopic (exact) mass is 274 g/mol. The Labute approximate surface area is 119 Å². The molecule has 1 heterocycles. The van der Waals surface area contributed by atoms with E-state index in [2.05, 4.69) is 5.32 Å². The highest BCUT2D eigenvalue weighted by Gasteiger charge is 2.40. The highest BCUT2D eigenvalue weighted by Crippen LogP contribution is 2.33. The normalized spacial score (nSPS) is 32.6. The Morgan fingerprint density at radius 2 is 2.05 bits per heavy atom. The van der Waals surface area contributed by atoms with Crippen LogP contribution in [0.5, 0.6) is 0 Å². The maximum Gasteiger partial charge on any atom is 0.323 e. The molecule has 20 heavy (non-hydrogen) atoms. The zero-order valence-corrected chi connectivity index (χ0v) is 11.6. The fourth-order valence-electron chi connectivity index (χ4n) is 3.40. The molecule has 0 radical (unpaired) electrons. The molecule has 2 aliphatic rings. The van der Waals surface area contributed by atoms with E-state index in [1.807, 2.05) is 30.3 Å². The van der Waals surface area contributed by atoms with Crippen molar-refractivity contribution in [2.75, 3.05) is 0 Å². The molecule has 0 amide bonds. The molecule has 1 aliphatic carbocycles. The van der Waals surface area contributed by atoms with Gasteiger partial charge in [-0.2, -0.15) is 0 Å². The zero-order chi connectivity index (χ0) is 13.9. The van der Waals surface area contributed by atoms with Crippen molar-refractivity contribution >= 4 is 5.97 Å². The molecule has 0 aromatic heterocycles. The molecule has 4 unspecified atom stereocenters. The van der Waals surface area contributed by atoms with Crippen molar-refractivity contribution in [1.29, 1.82) is 0 Å². The molecule has 2 fully saturated rings. The van der Waals surface area contributed by atoms with E-state index in [0.29, 0.717) is 24.6 Å². The van der Waals surface area contributed by atoms with Crippen molar-refractivity contribution in [3.05, 3.63) is 35.9 Å². The van der Waals surface area contributed by atoms with Crippen LogP contribution in [0.15, 0.2) is 30.3 Å². The Hall–Kier alpha value is -1.39. The molecule has 1 saturated carbocycles. The Bertz CT molecular complexity index is 463. The van der Waals surface area contributed by atoms with E-state index >= 15 is 0 Å². The number of fused-ring (bicyclic) bond motifs is 1. The average Bonchev–Trinajstić information content (AvgIpc) is 2.89. The topological polar surface area (TPSA) is 64.3 Å². The summed E-state index contributed by atoms with van der Waals surface area (Å²) in [5, 5.41) is 3.42. The van der Waals surface area contributed by atoms with Gasteiger partial charge in [-0.25, -0.2) is 0 Å². The first-order valence-electron chi connectivity index (χ1n) is 7.44. The van der Waals surface area contributed by atoms with Crippen LogP contribution in [0.1, 0.15) is 31.2 Å². The largest absolute Gasteiger partial charge is 0.460 e. The number of esters is 1. The summed E-state index contributed by atoms with van der Waals surface area (Å²) in [5.74, 6) is 0.407. The highest BCUT2D eigenvalue weighted by molar-refractivity contribution is 5.76. The van der Waals surface area contributed by atoms with Crippen molar-refractivity contribution in [3.63, 3.8) is 0 Å². The van der Waals surface area contributed by atoms with Crippen LogP contribution in [0.4, 0.5) is 0 Å². The first kappa shape index (κ1) is 13.6. The van der Waals surface area contributed by atoms with Crippen LogP contribution >= 0.6 is 0 Å². The summed E-state index contributed by atoms with van der Waals surface area (Å²) in [6.07, 6.45) is 4.03. The Morgan fingerprint density at radius 1 is 1.25 bits per heavy atom. The lowest BCUT2D eigenvalue weighted by atomic mass is 9.82. The van der Waals surface area contributed by atoms with Gasteiger partial charge < -0.3 is 15.8 Å². The number of ether oxygens (including phenoxy) is 1. The van der Waals surface area contributed by atoms with Crippen LogP contribution in [0, 0.1) is 5.92 Å². The molecule has 1 aliphatic heterocycles. The fraction of sp³-hybridized carbons (Fsp3) is 0.562. The first-order valence-corrected chi connectivity index (χ1v) is 7.44. The predicted octanol–water partition coefficient (Wildman–Crippen LogP) is 1.59. The van der Waals surface area contributed by atoms with Gasteiger partial charge in [0.1, 0.15) is 12.6 Å². The van der Waals surface area contributed by atoms with Crippen molar-refractivity contribution in [2.45, 2.75) is 50.4 Å². The molecule has 4 atom stereocenters. The molecule has 1 aromatic carbocycles. The number of benzene rings is 1. The number of carbonyl (C=O) groups excluding carboxylic acids is 1. The second kappa shape index (κ2) is 5.94. The van der Waals surface area contributed by atoms with Gasteiger partial charge in [0.05, 0.1) is 0 Å². The number of hydrogen-bond acceptors (Lipinski definition) is 4. The number of nitrogens with two attached hydrogens (primary N) is 1. The standard InChI is InChI=1S/C16H22N2O2/c17-13-6-7-14-12(8-13)9-15(18-14)16(19)20-10-11-4-2-1-3-5-11/h1-5,12-15,18H,6-10,17H2. The van der Waals surface area contributed by atoms with Gasteiger partial charge in [0.2, 0.25) is 0 Å². The summed E-state index contributed by atoms with van der Waals surface area (Å²) in [6, 6.07) is 10.4. The van der Waals surface area contributed by atoms with E-state index in [-0.39, 0.29) is 12.0 Å². The van der Waals surface area contributed by atoms with Crippen LogP contribution in [0.25, 0.3) is 0 Å². The number of carbonyl (C=O) groups is 1. The number of rotatable bonds is 3. The second-order valence-electron chi connectivity index (χ2n) is 5.99. The third kappa shape index (κ3) is 3.02. The smallest absolute Gasteiger partial charge is 0.323 e. The van der Waals surface area contributed by atoms with Crippen LogP contribution < -0.4 is 11.1 Å². The third-order valence-corrected chi connectivity index (χ3v) is 4.49. The fourth-order valence-corrected chi connectivity index (χ4v) is 3.40. The SMILES string of the molecule is NC1CCC2NC(C(=O)OCc3ccccc3)CC2C1. The highest BCUT2D eigenvalue weighted by atomic mass is 16.5. The summed E-state index contributed by atoms with van der Waals surface area (Å²) >= 11 is 0. The first-order chi connectivity index (χ1) is 9.72. The van der Waals surface area contributed by atoms with Crippen LogP contribution in [-0.2, 0) is 16.1 Å².